The van der Waals surface area contributed by atoms with Gasteiger partial charge in [0.15, 0.2) is 11.5 Å². The molecular weight excluding hydrogens is 252 g/mol. The number of benzene rings is 1. The van der Waals surface area contributed by atoms with E-state index in [1.54, 1.807) is 0 Å². The highest BCUT2D eigenvalue weighted by Gasteiger charge is 2.11. The van der Waals surface area contributed by atoms with Crippen molar-refractivity contribution < 1.29 is 4.74 Å². The number of rotatable bonds is 3. The van der Waals surface area contributed by atoms with Crippen LogP contribution in [0.25, 0.3) is 17.0 Å². The zero-order valence-electron chi connectivity index (χ0n) is 11.5. The van der Waals surface area contributed by atoms with Gasteiger partial charge in [0.25, 0.3) is 0 Å². The van der Waals surface area contributed by atoms with Crippen molar-refractivity contribution in [3.63, 3.8) is 0 Å². The molecule has 102 valence electrons. The van der Waals surface area contributed by atoms with E-state index in [1.807, 2.05) is 54.8 Å². The van der Waals surface area contributed by atoms with Gasteiger partial charge in [0, 0.05) is 11.8 Å². The molecule has 0 aliphatic carbocycles. The van der Waals surface area contributed by atoms with Crippen molar-refractivity contribution in [3.05, 3.63) is 42.1 Å². The normalized spacial score (nSPS) is 10.9. The Hall–Kier alpha value is -2.56. The molecule has 0 aliphatic heterocycles. The number of anilines is 1. The molecule has 0 aliphatic rings. The Morgan fingerprint density at radius 2 is 2.10 bits per heavy atom. The summed E-state index contributed by atoms with van der Waals surface area (Å²) in [7, 11) is 0. The number of pyridine rings is 1. The summed E-state index contributed by atoms with van der Waals surface area (Å²) in [4.78, 5) is 0. The van der Waals surface area contributed by atoms with Gasteiger partial charge in [-0.25, -0.2) is 0 Å². The van der Waals surface area contributed by atoms with Crippen LogP contribution < -0.4 is 10.5 Å². The van der Waals surface area contributed by atoms with Crippen molar-refractivity contribution in [3.8, 4) is 17.1 Å². The molecular formula is C15H16N4O. The molecule has 0 spiro atoms. The maximum Gasteiger partial charge on any atom is 0.184 e. The Labute approximate surface area is 117 Å². The van der Waals surface area contributed by atoms with Gasteiger partial charge in [0.2, 0.25) is 0 Å². The van der Waals surface area contributed by atoms with E-state index in [-0.39, 0.29) is 0 Å². The zero-order chi connectivity index (χ0) is 14.1. The van der Waals surface area contributed by atoms with Crippen LogP contribution in [0.2, 0.25) is 0 Å². The van der Waals surface area contributed by atoms with Crippen LogP contribution in [0.15, 0.2) is 36.5 Å². The van der Waals surface area contributed by atoms with Crippen molar-refractivity contribution in [1.29, 1.82) is 0 Å². The molecule has 5 heteroatoms. The van der Waals surface area contributed by atoms with Crippen LogP contribution in [-0.2, 0) is 0 Å². The summed E-state index contributed by atoms with van der Waals surface area (Å²) < 4.78 is 7.43. The van der Waals surface area contributed by atoms with Crippen LogP contribution >= 0.6 is 0 Å². The summed E-state index contributed by atoms with van der Waals surface area (Å²) in [5, 5.41) is 8.40. The van der Waals surface area contributed by atoms with Crippen LogP contribution in [0.5, 0.6) is 5.75 Å². The molecule has 0 unspecified atom stereocenters. The van der Waals surface area contributed by atoms with E-state index in [2.05, 4.69) is 10.2 Å². The lowest BCUT2D eigenvalue weighted by atomic mass is 10.2. The van der Waals surface area contributed by atoms with Gasteiger partial charge in [0.05, 0.1) is 12.3 Å². The predicted octanol–water partition coefficient (Wildman–Crippen LogP) is 2.69. The number of hydrogen-bond donors (Lipinski definition) is 1. The fourth-order valence-electron chi connectivity index (χ4n) is 2.25. The Kier molecular flexibility index (Phi) is 3.02. The number of aromatic nitrogens is 3. The third-order valence-electron chi connectivity index (χ3n) is 3.07. The molecule has 2 heterocycles. The van der Waals surface area contributed by atoms with Gasteiger partial charge in [-0.05, 0) is 37.6 Å². The molecule has 0 atom stereocenters. The standard InChI is InChI=1S/C15H16N4O/c1-3-20-12-6-4-5-11(8-12)14-17-18-15-13(16)7-10(2)9-19(14)15/h4-9H,3,16H2,1-2H3. The summed E-state index contributed by atoms with van der Waals surface area (Å²) in [6.07, 6.45) is 1.98. The number of aryl methyl sites for hydroxylation is 1. The van der Waals surface area contributed by atoms with Gasteiger partial charge in [-0.2, -0.15) is 0 Å². The van der Waals surface area contributed by atoms with Gasteiger partial charge in [-0.1, -0.05) is 12.1 Å². The van der Waals surface area contributed by atoms with Gasteiger partial charge < -0.3 is 10.5 Å². The highest BCUT2D eigenvalue weighted by molar-refractivity contribution is 5.70. The minimum absolute atomic E-state index is 0.629. The summed E-state index contributed by atoms with van der Waals surface area (Å²) in [6.45, 7) is 4.59. The van der Waals surface area contributed by atoms with Crippen molar-refractivity contribution >= 4 is 11.3 Å². The van der Waals surface area contributed by atoms with E-state index in [0.29, 0.717) is 17.9 Å². The van der Waals surface area contributed by atoms with Crippen molar-refractivity contribution in [1.82, 2.24) is 14.6 Å². The second kappa shape index (κ2) is 4.85. The van der Waals surface area contributed by atoms with Crippen LogP contribution in [0, 0.1) is 6.92 Å². The van der Waals surface area contributed by atoms with Crippen LogP contribution in [0.3, 0.4) is 0 Å². The van der Waals surface area contributed by atoms with Crippen molar-refractivity contribution in [2.75, 3.05) is 12.3 Å². The summed E-state index contributed by atoms with van der Waals surface area (Å²) in [6, 6.07) is 9.71. The molecule has 0 radical (unpaired) electrons. The molecule has 1 aromatic carbocycles. The predicted molar refractivity (Wildman–Crippen MR) is 78.7 cm³/mol. The van der Waals surface area contributed by atoms with E-state index >= 15 is 0 Å². The average Bonchev–Trinajstić information content (AvgIpc) is 2.83. The fourth-order valence-corrected chi connectivity index (χ4v) is 2.25. The number of nitrogens with two attached hydrogens (primary N) is 1. The third kappa shape index (κ3) is 2.07. The lowest BCUT2D eigenvalue weighted by molar-refractivity contribution is 0.340. The van der Waals surface area contributed by atoms with Crippen LogP contribution in [-0.4, -0.2) is 21.2 Å². The minimum atomic E-state index is 0.629. The van der Waals surface area contributed by atoms with Gasteiger partial charge >= 0.3 is 0 Å². The Balaban J connectivity index is 2.17. The quantitative estimate of drug-likeness (QED) is 0.793. The highest BCUT2D eigenvalue weighted by atomic mass is 16.5. The Morgan fingerprint density at radius 3 is 2.90 bits per heavy atom. The van der Waals surface area contributed by atoms with Crippen LogP contribution in [0.4, 0.5) is 5.69 Å². The summed E-state index contributed by atoms with van der Waals surface area (Å²) in [5.41, 5.74) is 9.30. The number of nitrogen functional groups attached to an aromatic ring is 1. The molecule has 0 saturated carbocycles. The van der Waals surface area contributed by atoms with Crippen LogP contribution in [0.1, 0.15) is 12.5 Å². The fraction of sp³-hybridized carbons (Fsp3) is 0.200. The maximum absolute atomic E-state index is 5.98. The smallest absolute Gasteiger partial charge is 0.184 e. The molecule has 20 heavy (non-hydrogen) atoms. The average molecular weight is 268 g/mol. The van der Waals surface area contributed by atoms with Gasteiger partial charge in [0.1, 0.15) is 5.75 Å². The van der Waals surface area contributed by atoms with Gasteiger partial charge in [-0.15, -0.1) is 10.2 Å². The second-order valence-electron chi connectivity index (χ2n) is 4.65. The molecule has 2 aromatic heterocycles. The van der Waals surface area contributed by atoms with Crippen molar-refractivity contribution in [2.24, 2.45) is 0 Å². The first-order chi connectivity index (χ1) is 9.69. The lowest BCUT2D eigenvalue weighted by Crippen LogP contribution is -1.96. The lowest BCUT2D eigenvalue weighted by Gasteiger charge is -2.06. The first kappa shape index (κ1) is 12.5. The zero-order valence-corrected chi connectivity index (χ0v) is 11.5. The maximum atomic E-state index is 5.98. The monoisotopic (exact) mass is 268 g/mol. The Morgan fingerprint density at radius 1 is 1.25 bits per heavy atom. The molecule has 2 N–H and O–H groups in total. The molecule has 0 amide bonds. The number of ether oxygens (including phenoxy) is 1. The molecule has 0 fully saturated rings. The van der Waals surface area contributed by atoms with E-state index in [9.17, 15) is 0 Å². The van der Waals surface area contributed by atoms with E-state index in [4.69, 9.17) is 10.5 Å². The number of nitrogens with zero attached hydrogens (tertiary/aromatic N) is 3. The molecule has 0 bridgehead atoms. The van der Waals surface area contributed by atoms with E-state index < -0.39 is 0 Å². The number of hydrogen-bond acceptors (Lipinski definition) is 4. The Bertz CT molecular complexity index is 764. The first-order valence-electron chi connectivity index (χ1n) is 6.53. The molecule has 3 rings (SSSR count). The van der Waals surface area contributed by atoms with E-state index in [0.717, 1.165) is 22.7 Å². The van der Waals surface area contributed by atoms with Crippen molar-refractivity contribution in [2.45, 2.75) is 13.8 Å². The molecule has 5 nitrogen and oxygen atoms in total. The third-order valence-corrected chi connectivity index (χ3v) is 3.07. The topological polar surface area (TPSA) is 65.4 Å². The SMILES string of the molecule is CCOc1cccc(-c2nnc3c(N)cc(C)cn23)c1. The largest absolute Gasteiger partial charge is 0.494 e. The molecule has 3 aromatic rings. The molecule has 0 saturated heterocycles. The summed E-state index contributed by atoms with van der Waals surface area (Å²) >= 11 is 0. The van der Waals surface area contributed by atoms with Gasteiger partial charge in [-0.3, -0.25) is 4.40 Å². The summed E-state index contributed by atoms with van der Waals surface area (Å²) in [5.74, 6) is 1.58. The minimum Gasteiger partial charge on any atom is -0.494 e. The highest BCUT2D eigenvalue weighted by Crippen LogP contribution is 2.25. The van der Waals surface area contributed by atoms with E-state index in [1.165, 1.54) is 0 Å². The number of fused-ring (bicyclic) bond motifs is 1. The first-order valence-corrected chi connectivity index (χ1v) is 6.53. The second-order valence-corrected chi connectivity index (χ2v) is 4.65.